The first-order chi connectivity index (χ1) is 16.4. The predicted molar refractivity (Wildman–Crippen MR) is 125 cm³/mol. The molecule has 2 N–H and O–H groups in total. The zero-order valence-corrected chi connectivity index (χ0v) is 20.2. The Morgan fingerprint density at radius 2 is 2.12 bits per heavy atom. The van der Waals surface area contributed by atoms with Gasteiger partial charge in [-0.05, 0) is 58.1 Å². The molecule has 10 heteroatoms. The van der Waals surface area contributed by atoms with E-state index in [1.807, 2.05) is 35.6 Å². The number of hydrogen-bond acceptors (Lipinski definition) is 7. The van der Waals surface area contributed by atoms with Crippen molar-refractivity contribution in [3.05, 3.63) is 23.5 Å². The summed E-state index contributed by atoms with van der Waals surface area (Å²) in [7, 11) is 1.34. The van der Waals surface area contributed by atoms with Crippen LogP contribution in [0.3, 0.4) is 0 Å². The first kappa shape index (κ1) is 24.4. The third-order valence-corrected chi connectivity index (χ3v) is 6.68. The maximum absolute atomic E-state index is 13.5. The molecule has 4 rings (SSSR count). The van der Waals surface area contributed by atoms with E-state index in [1.54, 1.807) is 0 Å². The number of carbonyl (C=O) groups is 2. The van der Waals surface area contributed by atoms with Crippen LogP contribution in [0.5, 0.6) is 0 Å². The van der Waals surface area contributed by atoms with Gasteiger partial charge in [-0.1, -0.05) is 0 Å². The van der Waals surface area contributed by atoms with Crippen molar-refractivity contribution < 1.29 is 24.2 Å². The molecule has 0 spiro atoms. The lowest BCUT2D eigenvalue weighted by atomic mass is 9.98. The number of alkyl carbamates (subject to hydrolysis) is 1. The highest BCUT2D eigenvalue weighted by molar-refractivity contribution is 5.84. The van der Waals surface area contributed by atoms with E-state index in [0.29, 0.717) is 32.5 Å². The number of aromatic nitrogens is 3. The maximum atomic E-state index is 13.5. The van der Waals surface area contributed by atoms with Crippen LogP contribution in [0.4, 0.5) is 4.79 Å². The van der Waals surface area contributed by atoms with Crippen LogP contribution in [0.25, 0.3) is 11.0 Å². The van der Waals surface area contributed by atoms with Crippen LogP contribution in [0, 0.1) is 12.8 Å². The molecule has 2 fully saturated rings. The van der Waals surface area contributed by atoms with Gasteiger partial charge in [-0.15, -0.1) is 0 Å². The highest BCUT2D eigenvalue weighted by Crippen LogP contribution is 2.37. The molecule has 1 aliphatic carbocycles. The fraction of sp³-hybridized carbons (Fsp3) is 0.667. The Morgan fingerprint density at radius 1 is 1.32 bits per heavy atom. The Kier molecular flexibility index (Phi) is 7.67. The summed E-state index contributed by atoms with van der Waals surface area (Å²) in [5, 5.41) is 17.9. The van der Waals surface area contributed by atoms with Gasteiger partial charge in [0.15, 0.2) is 5.65 Å². The summed E-state index contributed by atoms with van der Waals surface area (Å²) in [6.45, 7) is 5.52. The van der Waals surface area contributed by atoms with Crippen molar-refractivity contribution in [2.45, 2.75) is 70.7 Å². The van der Waals surface area contributed by atoms with E-state index in [4.69, 9.17) is 14.8 Å². The van der Waals surface area contributed by atoms with Gasteiger partial charge < -0.3 is 24.8 Å². The molecule has 2 aliphatic rings. The zero-order valence-electron chi connectivity index (χ0n) is 20.2. The minimum Gasteiger partial charge on any atom is -0.453 e. The summed E-state index contributed by atoms with van der Waals surface area (Å²) in [5.74, 6) is 0.120. The number of nitrogens with zero attached hydrogens (tertiary/aromatic N) is 4. The minimum atomic E-state index is -0.469. The van der Waals surface area contributed by atoms with Crippen molar-refractivity contribution in [1.29, 1.82) is 0 Å². The molecule has 34 heavy (non-hydrogen) atoms. The van der Waals surface area contributed by atoms with Crippen molar-refractivity contribution in [3.8, 4) is 0 Å². The molecule has 10 nitrogen and oxygen atoms in total. The van der Waals surface area contributed by atoms with Gasteiger partial charge in [0.05, 0.1) is 25.5 Å². The van der Waals surface area contributed by atoms with E-state index < -0.39 is 12.2 Å². The number of methoxy groups -OCH3 is 1. The molecule has 0 radical (unpaired) electrons. The number of amides is 2. The van der Waals surface area contributed by atoms with Crippen LogP contribution in [-0.4, -0.2) is 75.8 Å². The standard InChI is InChI=1S/C24H35N5O5/c1-15-5-9-19-21(27-28(22(19)26-15)12-4-11-25-24(32)33-3)16(2)29(18-7-8-18)23(31)20-10-6-17(13-30)14-34-20/h5,9,16-18,20,30H,4,6-8,10-14H2,1-3H3,(H,25,32)/t16-,17+,20-/m1/s1. The van der Waals surface area contributed by atoms with Gasteiger partial charge in [0.1, 0.15) is 6.10 Å². The van der Waals surface area contributed by atoms with Gasteiger partial charge in [-0.2, -0.15) is 5.10 Å². The van der Waals surface area contributed by atoms with Gasteiger partial charge in [0.25, 0.3) is 5.91 Å². The number of aliphatic hydroxyl groups excluding tert-OH is 1. The normalized spacial score (nSPS) is 21.3. The monoisotopic (exact) mass is 473 g/mol. The summed E-state index contributed by atoms with van der Waals surface area (Å²) >= 11 is 0. The first-order valence-electron chi connectivity index (χ1n) is 12.1. The highest BCUT2D eigenvalue weighted by atomic mass is 16.5. The lowest BCUT2D eigenvalue weighted by Crippen LogP contribution is -2.45. The number of rotatable bonds is 9. The minimum absolute atomic E-state index is 0.0106. The molecule has 2 aromatic heterocycles. The predicted octanol–water partition coefficient (Wildman–Crippen LogP) is 2.33. The van der Waals surface area contributed by atoms with Crippen molar-refractivity contribution in [2.75, 3.05) is 26.9 Å². The first-order valence-corrected chi connectivity index (χ1v) is 12.1. The fourth-order valence-electron chi connectivity index (χ4n) is 4.61. The molecule has 1 aliphatic heterocycles. The highest BCUT2D eigenvalue weighted by Gasteiger charge is 2.41. The molecule has 0 unspecified atom stereocenters. The molecule has 0 aromatic carbocycles. The van der Waals surface area contributed by atoms with Crippen LogP contribution >= 0.6 is 0 Å². The molecule has 0 bridgehead atoms. The molecular weight excluding hydrogens is 438 g/mol. The number of ether oxygens (including phenoxy) is 2. The third-order valence-electron chi connectivity index (χ3n) is 6.68. The number of aliphatic hydroxyl groups is 1. The Bertz CT molecular complexity index is 1010. The Balaban J connectivity index is 1.55. The average Bonchev–Trinajstić information content (AvgIpc) is 3.62. The van der Waals surface area contributed by atoms with E-state index in [-0.39, 0.29) is 30.5 Å². The lowest BCUT2D eigenvalue weighted by molar-refractivity contribution is -0.152. The van der Waals surface area contributed by atoms with Crippen molar-refractivity contribution in [3.63, 3.8) is 0 Å². The molecule has 2 aromatic rings. The van der Waals surface area contributed by atoms with E-state index in [1.165, 1.54) is 7.11 Å². The third kappa shape index (κ3) is 5.33. The molecule has 186 valence electrons. The maximum Gasteiger partial charge on any atom is 0.406 e. The van der Waals surface area contributed by atoms with E-state index in [2.05, 4.69) is 10.1 Å². The largest absolute Gasteiger partial charge is 0.453 e. The van der Waals surface area contributed by atoms with Crippen LogP contribution in [-0.2, 0) is 20.8 Å². The summed E-state index contributed by atoms with van der Waals surface area (Å²) < 4.78 is 12.3. The van der Waals surface area contributed by atoms with Crippen LogP contribution in [0.15, 0.2) is 12.1 Å². The van der Waals surface area contributed by atoms with E-state index in [9.17, 15) is 14.7 Å². The second kappa shape index (κ2) is 10.7. The Hall–Kier alpha value is -2.72. The van der Waals surface area contributed by atoms with Crippen molar-refractivity contribution in [1.82, 2.24) is 25.0 Å². The van der Waals surface area contributed by atoms with Gasteiger partial charge in [-0.25, -0.2) is 14.5 Å². The Labute approximate surface area is 199 Å². The SMILES string of the molecule is COC(=O)NCCCn1nc([C@@H](C)N(C(=O)[C@H]2CC[C@@H](CO)CO2)C2CC2)c2ccc(C)nc21. The molecule has 3 atom stereocenters. The number of carbonyl (C=O) groups excluding carboxylic acids is 2. The molecule has 2 amide bonds. The lowest BCUT2D eigenvalue weighted by Gasteiger charge is -2.34. The van der Waals surface area contributed by atoms with Gasteiger partial charge in [0.2, 0.25) is 0 Å². The van der Waals surface area contributed by atoms with Gasteiger partial charge in [-0.3, -0.25) is 4.79 Å². The van der Waals surface area contributed by atoms with E-state index in [0.717, 1.165) is 41.7 Å². The quantitative estimate of drug-likeness (QED) is 0.537. The van der Waals surface area contributed by atoms with Crippen LogP contribution in [0.1, 0.15) is 56.5 Å². The van der Waals surface area contributed by atoms with E-state index >= 15 is 0 Å². The number of pyridine rings is 1. The Morgan fingerprint density at radius 3 is 2.76 bits per heavy atom. The molecule has 1 saturated carbocycles. The summed E-state index contributed by atoms with van der Waals surface area (Å²) in [4.78, 5) is 31.5. The molecule has 3 heterocycles. The van der Waals surface area contributed by atoms with Crippen LogP contribution < -0.4 is 5.32 Å². The number of aryl methyl sites for hydroxylation is 2. The van der Waals surface area contributed by atoms with Crippen molar-refractivity contribution >= 4 is 23.0 Å². The van der Waals surface area contributed by atoms with Crippen molar-refractivity contribution in [2.24, 2.45) is 5.92 Å². The topological polar surface area (TPSA) is 119 Å². The number of fused-ring (bicyclic) bond motifs is 1. The molecule has 1 saturated heterocycles. The summed E-state index contributed by atoms with van der Waals surface area (Å²) in [6, 6.07) is 3.97. The second-order valence-corrected chi connectivity index (χ2v) is 9.30. The number of nitrogens with one attached hydrogen (secondary N) is 1. The van der Waals surface area contributed by atoms with Gasteiger partial charge >= 0.3 is 6.09 Å². The fourth-order valence-corrected chi connectivity index (χ4v) is 4.61. The average molecular weight is 474 g/mol. The summed E-state index contributed by atoms with van der Waals surface area (Å²) in [5.41, 5.74) is 2.50. The van der Waals surface area contributed by atoms with Gasteiger partial charge in [0, 0.05) is 42.7 Å². The second-order valence-electron chi connectivity index (χ2n) is 9.30. The summed E-state index contributed by atoms with van der Waals surface area (Å²) in [6.07, 6.45) is 3.13. The smallest absolute Gasteiger partial charge is 0.406 e. The zero-order chi connectivity index (χ0) is 24.2. The molecular formula is C24H35N5O5. The number of hydrogen-bond donors (Lipinski definition) is 2. The van der Waals surface area contributed by atoms with Crippen LogP contribution in [0.2, 0.25) is 0 Å².